The zero-order chi connectivity index (χ0) is 26.4. The van der Waals surface area contributed by atoms with Crippen LogP contribution in [0.15, 0.2) is 0 Å². The number of hydrogen-bond acceptors (Lipinski definition) is 8. The van der Waals surface area contributed by atoms with Gasteiger partial charge in [-0.25, -0.2) is 4.79 Å². The normalized spacial score (nSPS) is 15.2. The molecule has 4 amide bonds. The van der Waals surface area contributed by atoms with E-state index in [0.717, 1.165) is 0 Å². The predicted molar refractivity (Wildman–Crippen MR) is 125 cm³/mol. The number of rotatable bonds is 17. The van der Waals surface area contributed by atoms with Crippen molar-refractivity contribution in [2.45, 2.75) is 70.1 Å². The van der Waals surface area contributed by atoms with Crippen LogP contribution in [0.3, 0.4) is 0 Å². The first-order valence-corrected chi connectivity index (χ1v) is 12.1. The minimum absolute atomic E-state index is 0.365. The summed E-state index contributed by atoms with van der Waals surface area (Å²) in [6.45, 7) is 3.49. The van der Waals surface area contributed by atoms with Crippen molar-refractivity contribution in [3.63, 3.8) is 0 Å². The second-order valence-electron chi connectivity index (χ2n) is 7.82. The zero-order valence-corrected chi connectivity index (χ0v) is 20.4. The van der Waals surface area contributed by atoms with E-state index in [1.54, 1.807) is 13.8 Å². The van der Waals surface area contributed by atoms with Gasteiger partial charge in [-0.3, -0.25) is 24.0 Å². The van der Waals surface area contributed by atoms with Crippen molar-refractivity contribution < 1.29 is 39.0 Å². The molecule has 0 aromatic rings. The van der Waals surface area contributed by atoms with Gasteiger partial charge in [0.1, 0.15) is 18.1 Å². The Kier molecular flexibility index (Phi) is 14.5. The smallest absolute Gasteiger partial charge is 0.326 e. The lowest BCUT2D eigenvalue weighted by molar-refractivity contribution is -0.143. The van der Waals surface area contributed by atoms with Gasteiger partial charge >= 0.3 is 11.9 Å². The number of nitrogens with two attached hydrogens (primary N) is 2. The lowest BCUT2D eigenvalue weighted by Crippen LogP contribution is -2.59. The van der Waals surface area contributed by atoms with Crippen LogP contribution in [0.2, 0.25) is 0 Å². The molecule has 0 aromatic carbocycles. The number of carbonyl (C=O) groups is 6. The summed E-state index contributed by atoms with van der Waals surface area (Å²) in [6.07, 6.45) is 1.16. The third-order valence-electron chi connectivity index (χ3n) is 5.06. The molecule has 0 aliphatic heterocycles. The Morgan fingerprint density at radius 1 is 0.912 bits per heavy atom. The molecule has 13 nitrogen and oxygen atoms in total. The largest absolute Gasteiger partial charge is 0.481 e. The van der Waals surface area contributed by atoms with Crippen LogP contribution < -0.4 is 27.4 Å². The number of carboxylic acids is 2. The molecule has 0 aliphatic rings. The molecule has 0 aromatic heterocycles. The van der Waals surface area contributed by atoms with Crippen molar-refractivity contribution in [2.75, 3.05) is 12.0 Å². The fourth-order valence-corrected chi connectivity index (χ4v) is 3.30. The first kappa shape index (κ1) is 31.1. The highest BCUT2D eigenvalue weighted by molar-refractivity contribution is 7.98. The van der Waals surface area contributed by atoms with Gasteiger partial charge < -0.3 is 37.6 Å². The SMILES string of the molecule is CCC(C)C(NC(=O)C(N)CCSC)C(=O)NC(CC(N)=O)C(=O)NC(CCC(=O)O)C(=O)O. The first-order valence-electron chi connectivity index (χ1n) is 10.7. The molecule has 194 valence electrons. The van der Waals surface area contributed by atoms with Gasteiger partial charge in [-0.05, 0) is 30.8 Å². The van der Waals surface area contributed by atoms with Crippen molar-refractivity contribution in [3.8, 4) is 0 Å². The van der Waals surface area contributed by atoms with Gasteiger partial charge in [0, 0.05) is 6.42 Å². The molecule has 0 bridgehead atoms. The van der Waals surface area contributed by atoms with Crippen LogP contribution in [0.25, 0.3) is 0 Å². The third-order valence-corrected chi connectivity index (χ3v) is 5.71. The van der Waals surface area contributed by atoms with Gasteiger partial charge in [-0.15, -0.1) is 0 Å². The minimum Gasteiger partial charge on any atom is -0.481 e. The third kappa shape index (κ3) is 11.8. The highest BCUT2D eigenvalue weighted by Crippen LogP contribution is 2.10. The Balaban J connectivity index is 5.53. The average Bonchev–Trinajstić information content (AvgIpc) is 2.76. The molecule has 5 atom stereocenters. The van der Waals surface area contributed by atoms with E-state index in [-0.39, 0.29) is 5.92 Å². The topological polar surface area (TPSA) is 231 Å². The van der Waals surface area contributed by atoms with Gasteiger partial charge in [0.05, 0.1) is 12.5 Å². The van der Waals surface area contributed by atoms with E-state index in [2.05, 4.69) is 16.0 Å². The molecule has 0 rings (SSSR count). The van der Waals surface area contributed by atoms with Crippen LogP contribution >= 0.6 is 11.8 Å². The molecular weight excluding hydrogens is 470 g/mol. The van der Waals surface area contributed by atoms with Crippen LogP contribution in [-0.2, 0) is 28.8 Å². The van der Waals surface area contributed by atoms with Crippen LogP contribution in [0, 0.1) is 5.92 Å². The summed E-state index contributed by atoms with van der Waals surface area (Å²) in [7, 11) is 0. The van der Waals surface area contributed by atoms with Gasteiger partial charge in [-0.1, -0.05) is 20.3 Å². The Labute approximate surface area is 202 Å². The number of thioether (sulfide) groups is 1. The number of primary amides is 1. The average molecular weight is 506 g/mol. The van der Waals surface area contributed by atoms with Gasteiger partial charge in [0.25, 0.3) is 0 Å². The van der Waals surface area contributed by atoms with E-state index in [1.807, 2.05) is 6.26 Å². The van der Waals surface area contributed by atoms with E-state index in [1.165, 1.54) is 11.8 Å². The van der Waals surface area contributed by atoms with Crippen molar-refractivity contribution in [3.05, 3.63) is 0 Å². The molecule has 9 N–H and O–H groups in total. The first-order chi connectivity index (χ1) is 15.8. The second kappa shape index (κ2) is 15.9. The van der Waals surface area contributed by atoms with Crippen LogP contribution in [-0.4, -0.2) is 82.0 Å². The fraction of sp³-hybridized carbons (Fsp3) is 0.700. The van der Waals surface area contributed by atoms with Gasteiger partial charge in [-0.2, -0.15) is 11.8 Å². The maximum absolute atomic E-state index is 12.9. The van der Waals surface area contributed by atoms with Crippen LogP contribution in [0.5, 0.6) is 0 Å². The highest BCUT2D eigenvalue weighted by atomic mass is 32.2. The number of amides is 4. The van der Waals surface area contributed by atoms with Crippen molar-refractivity contribution in [1.82, 2.24) is 16.0 Å². The molecule has 0 saturated carbocycles. The Morgan fingerprint density at radius 2 is 1.50 bits per heavy atom. The number of carbonyl (C=O) groups excluding carboxylic acids is 4. The van der Waals surface area contributed by atoms with E-state index in [4.69, 9.17) is 16.6 Å². The summed E-state index contributed by atoms with van der Waals surface area (Å²) in [4.78, 5) is 71.6. The molecule has 5 unspecified atom stereocenters. The Hall–Kier alpha value is -2.87. The number of carboxylic acid groups (broad SMARTS) is 2. The standard InChI is InChI=1S/C20H35N5O8S/c1-4-10(2)16(25-17(29)11(21)7-8-34-3)19(31)24-13(9-14(22)26)18(30)23-12(20(32)33)5-6-15(27)28/h10-13,16H,4-9,21H2,1-3H3,(H2,22,26)(H,23,30)(H,24,31)(H,25,29)(H,27,28)(H,32,33). The Bertz CT molecular complexity index is 750. The summed E-state index contributed by atoms with van der Waals surface area (Å²) < 4.78 is 0. The molecule has 34 heavy (non-hydrogen) atoms. The molecule has 0 fully saturated rings. The molecule has 0 radical (unpaired) electrons. The van der Waals surface area contributed by atoms with Gasteiger partial charge in [0.15, 0.2) is 0 Å². The zero-order valence-electron chi connectivity index (χ0n) is 19.5. The van der Waals surface area contributed by atoms with Crippen molar-refractivity contribution in [2.24, 2.45) is 17.4 Å². The lowest BCUT2D eigenvalue weighted by atomic mass is 9.97. The second-order valence-corrected chi connectivity index (χ2v) is 8.81. The maximum Gasteiger partial charge on any atom is 0.326 e. The molecular formula is C20H35N5O8S. The monoisotopic (exact) mass is 505 g/mol. The Morgan fingerprint density at radius 3 is 1.97 bits per heavy atom. The highest BCUT2D eigenvalue weighted by Gasteiger charge is 2.33. The van der Waals surface area contributed by atoms with E-state index < -0.39 is 79.0 Å². The maximum atomic E-state index is 12.9. The summed E-state index contributed by atoms with van der Waals surface area (Å²) in [5.74, 6) is -5.77. The number of nitrogens with one attached hydrogen (secondary N) is 3. The predicted octanol–water partition coefficient (Wildman–Crippen LogP) is -1.61. The molecule has 0 spiro atoms. The molecule has 0 heterocycles. The van der Waals surface area contributed by atoms with Crippen LogP contribution in [0.1, 0.15) is 46.0 Å². The summed E-state index contributed by atoms with van der Waals surface area (Å²) >= 11 is 1.51. The van der Waals surface area contributed by atoms with E-state index in [9.17, 15) is 33.9 Å². The summed E-state index contributed by atoms with van der Waals surface area (Å²) in [5.41, 5.74) is 11.0. The van der Waals surface area contributed by atoms with Crippen LogP contribution in [0.4, 0.5) is 0 Å². The van der Waals surface area contributed by atoms with Gasteiger partial charge in [0.2, 0.25) is 23.6 Å². The molecule has 0 aliphatic carbocycles. The number of hydrogen-bond donors (Lipinski definition) is 7. The summed E-state index contributed by atoms with van der Waals surface area (Å²) in [6, 6.07) is -5.02. The van der Waals surface area contributed by atoms with Crippen molar-refractivity contribution >= 4 is 47.3 Å². The van der Waals surface area contributed by atoms with E-state index in [0.29, 0.717) is 18.6 Å². The molecule has 0 saturated heterocycles. The minimum atomic E-state index is -1.56. The van der Waals surface area contributed by atoms with E-state index >= 15 is 0 Å². The quantitative estimate of drug-likeness (QED) is 0.119. The van der Waals surface area contributed by atoms with Crippen molar-refractivity contribution in [1.29, 1.82) is 0 Å². The summed E-state index contributed by atoms with van der Waals surface area (Å²) in [5, 5.41) is 25.0. The fourth-order valence-electron chi connectivity index (χ4n) is 2.81. The number of aliphatic carboxylic acids is 2. The lowest BCUT2D eigenvalue weighted by Gasteiger charge is -2.27. The molecule has 14 heteroatoms.